The summed E-state index contributed by atoms with van der Waals surface area (Å²) in [5.74, 6) is -0.986. The van der Waals surface area contributed by atoms with E-state index >= 15 is 0 Å². The number of hydrogen-bond donors (Lipinski definition) is 2. The molecule has 5 rings (SSSR count). The van der Waals surface area contributed by atoms with Crippen LogP contribution in [0.25, 0.3) is 11.3 Å². The number of amides is 2. The molecule has 202 valence electrons. The summed E-state index contributed by atoms with van der Waals surface area (Å²) in [5.41, 5.74) is 13.1. The van der Waals surface area contributed by atoms with Gasteiger partial charge in [0.1, 0.15) is 28.5 Å². The molecule has 0 radical (unpaired) electrons. The van der Waals surface area contributed by atoms with Gasteiger partial charge in [-0.25, -0.2) is 13.9 Å². The fraction of sp³-hybridized carbons (Fsp3) is 0.462. The Balaban J connectivity index is 1.33. The van der Waals surface area contributed by atoms with Crippen molar-refractivity contribution in [1.29, 1.82) is 0 Å². The molecule has 10 nitrogen and oxygen atoms in total. The number of ether oxygens (including phenoxy) is 1. The number of rotatable bonds is 5. The molecule has 1 aromatic carbocycles. The number of hydrogen-bond acceptors (Lipinski definition) is 6. The van der Waals surface area contributed by atoms with Crippen molar-refractivity contribution in [2.24, 2.45) is 11.1 Å². The molecule has 1 spiro atoms. The minimum Gasteiger partial charge on any atom is -0.444 e. The minimum atomic E-state index is -0.685. The first-order chi connectivity index (χ1) is 17.9. The van der Waals surface area contributed by atoms with Crippen LogP contribution in [0.5, 0.6) is 0 Å². The number of primary amides is 1. The number of nitrogens with two attached hydrogens (primary N) is 2. The summed E-state index contributed by atoms with van der Waals surface area (Å²) >= 11 is 6.08. The van der Waals surface area contributed by atoms with E-state index in [1.54, 1.807) is 38.8 Å². The molecule has 0 bridgehead atoms. The highest BCUT2D eigenvalue weighted by molar-refractivity contribution is 6.31. The second-order valence-electron chi connectivity index (χ2n) is 11.3. The number of carbonyl (C=O) groups excluding carboxylic acids is 2. The summed E-state index contributed by atoms with van der Waals surface area (Å²) in [6, 6.07) is 4.56. The topological polar surface area (TPSA) is 134 Å². The van der Waals surface area contributed by atoms with Gasteiger partial charge in [0, 0.05) is 24.8 Å². The van der Waals surface area contributed by atoms with Crippen LogP contribution in [-0.2, 0) is 11.3 Å². The Bertz CT molecular complexity index is 1400. The number of nitrogen functional groups attached to an aromatic ring is 1. The predicted molar refractivity (Wildman–Crippen MR) is 140 cm³/mol. The molecule has 4 N–H and O–H groups in total. The highest BCUT2D eigenvalue weighted by Crippen LogP contribution is 2.55. The largest absolute Gasteiger partial charge is 0.444 e. The van der Waals surface area contributed by atoms with Crippen LogP contribution in [0.3, 0.4) is 0 Å². The fourth-order valence-corrected chi connectivity index (χ4v) is 5.64. The molecule has 1 aliphatic heterocycles. The van der Waals surface area contributed by atoms with Crippen LogP contribution in [0.2, 0.25) is 5.02 Å². The van der Waals surface area contributed by atoms with Crippen LogP contribution >= 0.6 is 11.6 Å². The van der Waals surface area contributed by atoms with Gasteiger partial charge in [0.2, 0.25) is 0 Å². The van der Waals surface area contributed by atoms with Crippen molar-refractivity contribution in [2.45, 2.75) is 58.2 Å². The number of halogens is 2. The van der Waals surface area contributed by atoms with Gasteiger partial charge in [-0.15, -0.1) is 0 Å². The zero-order chi connectivity index (χ0) is 27.4. The molecular weight excluding hydrogens is 513 g/mol. The molecule has 2 fully saturated rings. The molecule has 38 heavy (non-hydrogen) atoms. The Kier molecular flexibility index (Phi) is 6.37. The molecule has 1 saturated heterocycles. The molecule has 0 atom stereocenters. The third-order valence-corrected chi connectivity index (χ3v) is 7.66. The van der Waals surface area contributed by atoms with Crippen LogP contribution in [-0.4, -0.2) is 55.2 Å². The molecule has 2 aromatic heterocycles. The van der Waals surface area contributed by atoms with Crippen LogP contribution in [0.4, 0.5) is 15.0 Å². The van der Waals surface area contributed by atoms with Gasteiger partial charge in [0.25, 0.3) is 5.91 Å². The van der Waals surface area contributed by atoms with Gasteiger partial charge < -0.3 is 21.1 Å². The normalized spacial score (nSPS) is 21.1. The average Bonchev–Trinajstić information content (AvgIpc) is 3.52. The van der Waals surface area contributed by atoms with E-state index in [0.29, 0.717) is 29.9 Å². The van der Waals surface area contributed by atoms with Crippen molar-refractivity contribution in [3.63, 3.8) is 0 Å². The Morgan fingerprint density at radius 2 is 2.03 bits per heavy atom. The molecule has 12 heteroatoms. The van der Waals surface area contributed by atoms with Crippen molar-refractivity contribution < 1.29 is 18.7 Å². The third-order valence-electron chi connectivity index (χ3n) is 7.24. The van der Waals surface area contributed by atoms with Crippen LogP contribution in [0, 0.1) is 11.2 Å². The van der Waals surface area contributed by atoms with Crippen molar-refractivity contribution in [1.82, 2.24) is 24.5 Å². The summed E-state index contributed by atoms with van der Waals surface area (Å²) in [6.45, 7) is 7.05. The highest BCUT2D eigenvalue weighted by Gasteiger charge is 2.51. The standard InChI is InChI=1S/C26H31ClFN7O3/c1-25(2,3)38-24(37)33-8-7-26(14-33)9-17(10-26)35-22(29)19(23(30)36)21(32-35)16-11-31-34(13-16)12-15-5-4-6-18(28)20(15)27/h4-6,11,13,17H,7-10,12,14,29H2,1-3H3,(H2,30,36). The van der Waals surface area contributed by atoms with Crippen molar-refractivity contribution in [3.8, 4) is 11.3 Å². The number of anilines is 1. The van der Waals surface area contributed by atoms with Gasteiger partial charge in [0.05, 0.1) is 23.8 Å². The first kappa shape index (κ1) is 26.0. The quantitative estimate of drug-likeness (QED) is 0.494. The summed E-state index contributed by atoms with van der Waals surface area (Å²) < 4.78 is 22.6. The Hall–Kier alpha value is -3.60. The summed E-state index contributed by atoms with van der Waals surface area (Å²) in [4.78, 5) is 26.6. The lowest BCUT2D eigenvalue weighted by atomic mass is 9.65. The first-order valence-electron chi connectivity index (χ1n) is 12.5. The number of aromatic nitrogens is 4. The van der Waals surface area contributed by atoms with E-state index < -0.39 is 17.3 Å². The molecule has 3 aromatic rings. The van der Waals surface area contributed by atoms with Crippen molar-refractivity contribution in [3.05, 3.63) is 52.6 Å². The first-order valence-corrected chi connectivity index (χ1v) is 12.8. The van der Waals surface area contributed by atoms with E-state index in [-0.39, 0.29) is 40.5 Å². The average molecular weight is 544 g/mol. The van der Waals surface area contributed by atoms with Gasteiger partial charge >= 0.3 is 6.09 Å². The maximum absolute atomic E-state index is 13.8. The molecule has 2 aliphatic rings. The maximum Gasteiger partial charge on any atom is 0.410 e. The lowest BCUT2D eigenvalue weighted by Gasteiger charge is -2.45. The maximum atomic E-state index is 13.8. The molecule has 1 saturated carbocycles. The summed E-state index contributed by atoms with van der Waals surface area (Å²) in [5, 5.41) is 9.04. The van der Waals surface area contributed by atoms with Gasteiger partial charge in [-0.1, -0.05) is 23.7 Å². The summed E-state index contributed by atoms with van der Waals surface area (Å²) in [6.07, 6.45) is 5.36. The SMILES string of the molecule is CC(C)(C)OC(=O)N1CCC2(CC(n3nc(-c4cnn(Cc5cccc(F)c5Cl)c4)c(C(N)=O)c3N)C2)C1. The fourth-order valence-electron chi connectivity index (χ4n) is 5.45. The summed E-state index contributed by atoms with van der Waals surface area (Å²) in [7, 11) is 0. The third kappa shape index (κ3) is 4.82. The number of nitrogens with zero attached hydrogens (tertiary/aromatic N) is 5. The van der Waals surface area contributed by atoms with Crippen molar-refractivity contribution >= 4 is 29.4 Å². The number of benzene rings is 1. The lowest BCUT2D eigenvalue weighted by Crippen LogP contribution is -2.43. The smallest absolute Gasteiger partial charge is 0.410 e. The van der Waals surface area contributed by atoms with Crippen LogP contribution in [0.1, 0.15) is 62.0 Å². The predicted octanol–water partition coefficient (Wildman–Crippen LogP) is 4.23. The Morgan fingerprint density at radius 1 is 1.29 bits per heavy atom. The highest BCUT2D eigenvalue weighted by atomic mass is 35.5. The zero-order valence-electron chi connectivity index (χ0n) is 21.6. The van der Waals surface area contributed by atoms with Crippen LogP contribution < -0.4 is 11.5 Å². The van der Waals surface area contributed by atoms with E-state index in [2.05, 4.69) is 10.2 Å². The van der Waals surface area contributed by atoms with Gasteiger partial charge in [0.15, 0.2) is 0 Å². The Labute approximate surface area is 224 Å². The van der Waals surface area contributed by atoms with Gasteiger partial charge in [-0.05, 0) is 57.1 Å². The van der Waals surface area contributed by atoms with Crippen molar-refractivity contribution in [2.75, 3.05) is 18.8 Å². The minimum absolute atomic E-state index is 0.0257. The monoisotopic (exact) mass is 543 g/mol. The van der Waals surface area contributed by atoms with E-state index in [1.807, 2.05) is 20.8 Å². The van der Waals surface area contributed by atoms with E-state index in [1.165, 1.54) is 6.07 Å². The molecule has 2 amide bonds. The van der Waals surface area contributed by atoms with Gasteiger partial charge in [-0.3, -0.25) is 9.48 Å². The van der Waals surface area contributed by atoms with E-state index in [9.17, 15) is 14.0 Å². The zero-order valence-corrected chi connectivity index (χ0v) is 22.3. The molecule has 0 unspecified atom stereocenters. The second-order valence-corrected chi connectivity index (χ2v) is 11.6. The lowest BCUT2D eigenvalue weighted by molar-refractivity contribution is 0.0187. The van der Waals surface area contributed by atoms with E-state index in [4.69, 9.17) is 27.8 Å². The second kappa shape index (κ2) is 9.30. The molecular formula is C26H31ClFN7O3. The van der Waals surface area contributed by atoms with Crippen LogP contribution in [0.15, 0.2) is 30.6 Å². The number of likely N-dealkylation sites (tertiary alicyclic amines) is 1. The Morgan fingerprint density at radius 3 is 2.71 bits per heavy atom. The number of carbonyl (C=O) groups is 2. The van der Waals surface area contributed by atoms with Gasteiger partial charge in [-0.2, -0.15) is 10.2 Å². The van der Waals surface area contributed by atoms with E-state index in [0.717, 1.165) is 19.3 Å². The molecule has 1 aliphatic carbocycles. The molecule has 3 heterocycles.